The zero-order chi connectivity index (χ0) is 23.0. The Morgan fingerprint density at radius 3 is 2.48 bits per heavy atom. The van der Waals surface area contributed by atoms with Gasteiger partial charge in [-0.25, -0.2) is 9.29 Å². The quantitative estimate of drug-likeness (QED) is 0.637. The highest BCUT2D eigenvalue weighted by Gasteiger charge is 2.70. The third-order valence-corrected chi connectivity index (χ3v) is 7.83. The lowest BCUT2D eigenvalue weighted by molar-refractivity contribution is -0.125. The maximum Gasteiger partial charge on any atom is 0.238 e. The molecule has 6 rings (SSSR count). The first-order valence-corrected chi connectivity index (χ1v) is 11.1. The fourth-order valence-corrected chi connectivity index (χ4v) is 6.41. The van der Waals surface area contributed by atoms with Crippen LogP contribution in [-0.4, -0.2) is 37.8 Å². The van der Waals surface area contributed by atoms with Crippen molar-refractivity contribution in [2.24, 2.45) is 34.7 Å². The van der Waals surface area contributed by atoms with Gasteiger partial charge in [-0.15, -0.1) is 0 Å². The minimum atomic E-state index is -0.600. The molecule has 2 aromatic carbocycles. The first-order chi connectivity index (χ1) is 15.9. The lowest BCUT2D eigenvalue weighted by atomic mass is 9.71. The molecule has 4 aliphatic rings. The molecule has 6 unspecified atom stereocenters. The molecule has 3 fully saturated rings. The summed E-state index contributed by atoms with van der Waals surface area (Å²) in [6, 6.07) is 9.38. The SMILES string of the molecule is COc1ccc(C2=NOC3C4CC(C23)C2C(=O)N(c3ccc(F)c(Cl)c3)C(=O)C42)c(OC)c1. The molecule has 7 nitrogen and oxygen atoms in total. The summed E-state index contributed by atoms with van der Waals surface area (Å²) in [4.78, 5) is 33.8. The summed E-state index contributed by atoms with van der Waals surface area (Å²) in [6.45, 7) is 0. The van der Waals surface area contributed by atoms with Crippen LogP contribution in [0.2, 0.25) is 5.02 Å². The van der Waals surface area contributed by atoms with Gasteiger partial charge in [0.25, 0.3) is 0 Å². The average molecular weight is 471 g/mol. The van der Waals surface area contributed by atoms with E-state index in [0.29, 0.717) is 17.2 Å². The van der Waals surface area contributed by atoms with Crippen LogP contribution in [0.15, 0.2) is 41.6 Å². The summed E-state index contributed by atoms with van der Waals surface area (Å²) < 4.78 is 24.5. The van der Waals surface area contributed by atoms with Crippen molar-refractivity contribution in [3.8, 4) is 11.5 Å². The molecule has 9 heteroatoms. The number of methoxy groups -OCH3 is 2. The van der Waals surface area contributed by atoms with Gasteiger partial charge < -0.3 is 14.3 Å². The minimum Gasteiger partial charge on any atom is -0.497 e. The molecular formula is C24H20ClFN2O5. The Hall–Kier alpha value is -3.13. The number of benzene rings is 2. The Bertz CT molecular complexity index is 1230. The van der Waals surface area contributed by atoms with Gasteiger partial charge in [-0.05, 0) is 42.7 Å². The lowest BCUT2D eigenvalue weighted by Crippen LogP contribution is -2.41. The highest BCUT2D eigenvalue weighted by Crippen LogP contribution is 2.62. The van der Waals surface area contributed by atoms with Crippen LogP contribution in [0.25, 0.3) is 0 Å². The third kappa shape index (κ3) is 2.70. The van der Waals surface area contributed by atoms with Gasteiger partial charge in [0.1, 0.15) is 23.4 Å². The molecule has 0 aromatic heterocycles. The molecule has 2 aromatic rings. The van der Waals surface area contributed by atoms with Crippen LogP contribution in [0.5, 0.6) is 11.5 Å². The Labute approximate surface area is 194 Å². The number of carbonyl (C=O) groups excluding carboxylic acids is 2. The second kappa shape index (κ2) is 7.18. The van der Waals surface area contributed by atoms with Crippen molar-refractivity contribution in [1.82, 2.24) is 0 Å². The van der Waals surface area contributed by atoms with E-state index in [1.807, 2.05) is 12.1 Å². The molecule has 170 valence electrons. The molecule has 0 N–H and O–H groups in total. The Morgan fingerprint density at radius 1 is 1.03 bits per heavy atom. The number of nitrogens with zero attached hydrogens (tertiary/aromatic N) is 2. The predicted octanol–water partition coefficient (Wildman–Crippen LogP) is 3.67. The van der Waals surface area contributed by atoms with Gasteiger partial charge in [-0.3, -0.25) is 9.59 Å². The molecule has 2 amide bonds. The first kappa shape index (κ1) is 20.5. The van der Waals surface area contributed by atoms with Gasteiger partial charge in [0.15, 0.2) is 0 Å². The van der Waals surface area contributed by atoms with Crippen LogP contribution in [0.4, 0.5) is 10.1 Å². The minimum absolute atomic E-state index is 0.0876. The largest absolute Gasteiger partial charge is 0.497 e. The summed E-state index contributed by atoms with van der Waals surface area (Å²) in [5, 5.41) is 4.24. The van der Waals surface area contributed by atoms with Crippen LogP contribution in [0.1, 0.15) is 12.0 Å². The maximum atomic E-state index is 13.6. The number of rotatable bonds is 4. The maximum absolute atomic E-state index is 13.6. The Balaban J connectivity index is 1.35. The van der Waals surface area contributed by atoms with Crippen LogP contribution < -0.4 is 14.4 Å². The second-order valence-corrected chi connectivity index (χ2v) is 9.27. The number of amides is 2. The molecular weight excluding hydrogens is 451 g/mol. The highest BCUT2D eigenvalue weighted by atomic mass is 35.5. The van der Waals surface area contributed by atoms with Crippen molar-refractivity contribution in [2.45, 2.75) is 12.5 Å². The predicted molar refractivity (Wildman–Crippen MR) is 117 cm³/mol. The number of hydrogen-bond donors (Lipinski definition) is 0. The molecule has 1 saturated heterocycles. The second-order valence-electron chi connectivity index (χ2n) is 8.86. The van der Waals surface area contributed by atoms with E-state index < -0.39 is 17.7 Å². The zero-order valence-electron chi connectivity index (χ0n) is 17.8. The molecule has 2 heterocycles. The summed E-state index contributed by atoms with van der Waals surface area (Å²) in [7, 11) is 3.16. The van der Waals surface area contributed by atoms with Gasteiger partial charge in [0.2, 0.25) is 11.8 Å². The van der Waals surface area contributed by atoms with E-state index in [0.717, 1.165) is 22.6 Å². The van der Waals surface area contributed by atoms with E-state index in [4.69, 9.17) is 25.9 Å². The first-order valence-electron chi connectivity index (χ1n) is 10.7. The van der Waals surface area contributed by atoms with Crippen molar-refractivity contribution in [2.75, 3.05) is 19.1 Å². The monoisotopic (exact) mass is 470 g/mol. The number of fused-ring (bicyclic) bond motifs is 8. The summed E-state index contributed by atoms with van der Waals surface area (Å²) in [5.41, 5.74) is 1.81. The number of hydrogen-bond acceptors (Lipinski definition) is 6. The van der Waals surface area contributed by atoms with Crippen LogP contribution >= 0.6 is 11.6 Å². The van der Waals surface area contributed by atoms with Crippen molar-refractivity contribution >= 4 is 34.8 Å². The van der Waals surface area contributed by atoms with Gasteiger partial charge in [-0.2, -0.15) is 0 Å². The van der Waals surface area contributed by atoms with Crippen molar-refractivity contribution in [3.63, 3.8) is 0 Å². The van der Waals surface area contributed by atoms with Gasteiger partial charge in [-0.1, -0.05) is 16.8 Å². The van der Waals surface area contributed by atoms with E-state index in [1.54, 1.807) is 20.3 Å². The van der Waals surface area contributed by atoms with Gasteiger partial charge in [0.05, 0.1) is 42.5 Å². The molecule has 6 atom stereocenters. The molecule has 2 saturated carbocycles. The number of oxime groups is 1. The fourth-order valence-electron chi connectivity index (χ4n) is 6.24. The highest BCUT2D eigenvalue weighted by molar-refractivity contribution is 6.31. The van der Waals surface area contributed by atoms with Gasteiger partial charge >= 0.3 is 0 Å². The normalized spacial score (nSPS) is 31.4. The number of carbonyl (C=O) groups is 2. The molecule has 0 spiro atoms. The van der Waals surface area contributed by atoms with E-state index in [-0.39, 0.29) is 40.7 Å². The Kier molecular flexibility index (Phi) is 4.46. The summed E-state index contributed by atoms with van der Waals surface area (Å²) in [5.74, 6) is -1.15. The van der Waals surface area contributed by atoms with E-state index >= 15 is 0 Å². The van der Waals surface area contributed by atoms with Crippen LogP contribution in [0.3, 0.4) is 0 Å². The Morgan fingerprint density at radius 2 is 1.79 bits per heavy atom. The van der Waals surface area contributed by atoms with E-state index in [9.17, 15) is 14.0 Å². The zero-order valence-corrected chi connectivity index (χ0v) is 18.6. The van der Waals surface area contributed by atoms with Crippen molar-refractivity contribution in [3.05, 3.63) is 52.8 Å². The van der Waals surface area contributed by atoms with E-state index in [2.05, 4.69) is 5.16 Å². The number of imide groups is 1. The van der Waals surface area contributed by atoms with E-state index in [1.165, 1.54) is 18.2 Å². The number of halogens is 2. The molecule has 2 bridgehead atoms. The van der Waals surface area contributed by atoms with Crippen LogP contribution in [-0.2, 0) is 14.4 Å². The smallest absolute Gasteiger partial charge is 0.238 e. The molecule has 2 aliphatic carbocycles. The fraction of sp³-hybridized carbons (Fsp3) is 0.375. The summed E-state index contributed by atoms with van der Waals surface area (Å²) in [6.07, 6.45) is 0.448. The summed E-state index contributed by atoms with van der Waals surface area (Å²) >= 11 is 5.91. The average Bonchev–Trinajstić information content (AvgIpc) is 3.56. The van der Waals surface area contributed by atoms with Gasteiger partial charge in [0, 0.05) is 23.5 Å². The molecule has 2 aliphatic heterocycles. The standard InChI is InChI=1S/C24H20ClFN2O5/c1-31-11-4-5-12(17(8-11)32-2)21-20-13-9-14(22(20)33-27-21)19-18(13)23(29)28(24(19)30)10-3-6-16(26)15(25)7-10/h3-8,13-14,18-20,22H,9H2,1-2H3. The number of anilines is 1. The topological polar surface area (TPSA) is 77.4 Å². The van der Waals surface area contributed by atoms with Crippen molar-refractivity contribution in [1.29, 1.82) is 0 Å². The molecule has 33 heavy (non-hydrogen) atoms. The molecule has 0 radical (unpaired) electrons. The van der Waals surface area contributed by atoms with Crippen LogP contribution in [0, 0.1) is 35.4 Å². The lowest BCUT2D eigenvalue weighted by Gasteiger charge is -2.30. The third-order valence-electron chi connectivity index (χ3n) is 7.54. The van der Waals surface area contributed by atoms with Crippen molar-refractivity contribution < 1.29 is 28.3 Å². The number of ether oxygens (including phenoxy) is 2.